The van der Waals surface area contributed by atoms with E-state index in [0.29, 0.717) is 5.69 Å². The maximum atomic E-state index is 12.5. The Morgan fingerprint density at radius 3 is 2.80 bits per heavy atom. The second-order valence-corrected chi connectivity index (χ2v) is 7.14. The molecule has 1 aliphatic rings. The summed E-state index contributed by atoms with van der Waals surface area (Å²) in [5.74, 6) is -0.199. The van der Waals surface area contributed by atoms with Crippen LogP contribution < -0.4 is 10.2 Å². The molecule has 1 saturated heterocycles. The Balaban J connectivity index is 1.47. The fourth-order valence-electron chi connectivity index (χ4n) is 3.12. The van der Waals surface area contributed by atoms with Crippen molar-refractivity contribution in [1.82, 2.24) is 10.2 Å². The zero-order valence-electron chi connectivity index (χ0n) is 13.9. The molecule has 2 aromatic heterocycles. The molecule has 128 valence electrons. The van der Waals surface area contributed by atoms with Crippen LogP contribution in [0.1, 0.15) is 29.8 Å². The van der Waals surface area contributed by atoms with Gasteiger partial charge in [0.15, 0.2) is 5.69 Å². The highest BCUT2D eigenvalue weighted by Crippen LogP contribution is 2.25. The Kier molecular flexibility index (Phi) is 4.52. The van der Waals surface area contributed by atoms with Gasteiger partial charge in [-0.3, -0.25) is 9.89 Å². The number of H-pyrrole nitrogens is 1. The molecule has 0 aliphatic carbocycles. The summed E-state index contributed by atoms with van der Waals surface area (Å²) < 4.78 is 0. The van der Waals surface area contributed by atoms with Gasteiger partial charge in [-0.15, -0.1) is 11.3 Å². The lowest BCUT2D eigenvalue weighted by Crippen LogP contribution is -2.29. The van der Waals surface area contributed by atoms with Gasteiger partial charge >= 0.3 is 0 Å². The van der Waals surface area contributed by atoms with Gasteiger partial charge in [0, 0.05) is 24.5 Å². The number of piperidine rings is 1. The number of carbonyl (C=O) groups excluding carboxylic acids is 1. The van der Waals surface area contributed by atoms with Gasteiger partial charge in [-0.2, -0.15) is 5.10 Å². The molecule has 0 unspecified atom stereocenters. The highest BCUT2D eigenvalue weighted by atomic mass is 32.1. The van der Waals surface area contributed by atoms with Gasteiger partial charge in [-0.1, -0.05) is 12.1 Å². The smallest absolute Gasteiger partial charge is 0.276 e. The second-order valence-electron chi connectivity index (χ2n) is 6.20. The molecule has 0 atom stereocenters. The average molecular weight is 352 g/mol. The van der Waals surface area contributed by atoms with Crippen molar-refractivity contribution in [2.75, 3.05) is 23.3 Å². The van der Waals surface area contributed by atoms with Gasteiger partial charge < -0.3 is 10.2 Å². The lowest BCUT2D eigenvalue weighted by atomic mass is 10.1. The van der Waals surface area contributed by atoms with Crippen LogP contribution in [0, 0.1) is 0 Å². The molecule has 3 aromatic rings. The van der Waals surface area contributed by atoms with Gasteiger partial charge in [0.05, 0.1) is 10.6 Å². The van der Waals surface area contributed by atoms with E-state index in [2.05, 4.69) is 26.5 Å². The number of amides is 1. The predicted molar refractivity (Wildman–Crippen MR) is 102 cm³/mol. The standard InChI is InChI=1S/C19H20N4OS/c24-19(17-13-16(21-22-17)18-8-5-11-25-18)20-14-6-4-7-15(12-14)23-9-2-1-3-10-23/h4-8,11-13H,1-3,9-10H2,(H,20,24)(H,21,22). The highest BCUT2D eigenvalue weighted by Gasteiger charge is 2.14. The van der Waals surface area contributed by atoms with Crippen molar-refractivity contribution in [2.45, 2.75) is 19.3 Å². The summed E-state index contributed by atoms with van der Waals surface area (Å²) in [5, 5.41) is 12.0. The zero-order chi connectivity index (χ0) is 17.1. The van der Waals surface area contributed by atoms with Crippen molar-refractivity contribution < 1.29 is 4.79 Å². The SMILES string of the molecule is O=C(Nc1cccc(N2CCCCC2)c1)c1cc(-c2cccs2)[nH]n1. The molecular weight excluding hydrogens is 332 g/mol. The molecule has 0 radical (unpaired) electrons. The van der Waals surface area contributed by atoms with Crippen molar-refractivity contribution >= 4 is 28.6 Å². The first-order valence-corrected chi connectivity index (χ1v) is 9.43. The van der Waals surface area contributed by atoms with Crippen LogP contribution in [0.2, 0.25) is 0 Å². The number of carbonyl (C=O) groups is 1. The summed E-state index contributed by atoms with van der Waals surface area (Å²) in [4.78, 5) is 15.9. The Hall–Kier alpha value is -2.60. The van der Waals surface area contributed by atoms with Crippen molar-refractivity contribution in [3.8, 4) is 10.6 Å². The molecule has 25 heavy (non-hydrogen) atoms. The van der Waals surface area contributed by atoms with Gasteiger partial charge in [0.25, 0.3) is 5.91 Å². The monoisotopic (exact) mass is 352 g/mol. The zero-order valence-corrected chi connectivity index (χ0v) is 14.7. The minimum absolute atomic E-state index is 0.199. The van der Waals surface area contributed by atoms with E-state index in [1.807, 2.05) is 35.7 Å². The minimum atomic E-state index is -0.199. The van der Waals surface area contributed by atoms with Crippen LogP contribution in [-0.2, 0) is 0 Å². The molecule has 0 bridgehead atoms. The third kappa shape index (κ3) is 3.58. The second kappa shape index (κ2) is 7.11. The van der Waals surface area contributed by atoms with Crippen LogP contribution in [0.5, 0.6) is 0 Å². The van der Waals surface area contributed by atoms with Crippen molar-refractivity contribution in [3.05, 3.63) is 53.5 Å². The largest absolute Gasteiger partial charge is 0.371 e. The number of hydrogen-bond donors (Lipinski definition) is 2. The third-order valence-corrected chi connectivity index (χ3v) is 5.33. The summed E-state index contributed by atoms with van der Waals surface area (Å²) >= 11 is 1.61. The molecule has 6 heteroatoms. The van der Waals surface area contributed by atoms with Crippen molar-refractivity contribution in [3.63, 3.8) is 0 Å². The predicted octanol–water partition coefficient (Wildman–Crippen LogP) is 4.38. The molecule has 1 fully saturated rings. The molecular formula is C19H20N4OS. The molecule has 0 spiro atoms. The fraction of sp³-hybridized carbons (Fsp3) is 0.263. The molecule has 1 aliphatic heterocycles. The van der Waals surface area contributed by atoms with E-state index < -0.39 is 0 Å². The average Bonchev–Trinajstić information content (AvgIpc) is 3.34. The molecule has 3 heterocycles. The maximum absolute atomic E-state index is 12.5. The van der Waals surface area contributed by atoms with Gasteiger partial charge in [-0.05, 0) is 55.0 Å². The van der Waals surface area contributed by atoms with E-state index in [4.69, 9.17) is 0 Å². The van der Waals surface area contributed by atoms with Gasteiger partial charge in [0.1, 0.15) is 0 Å². The van der Waals surface area contributed by atoms with Crippen LogP contribution >= 0.6 is 11.3 Å². The third-order valence-electron chi connectivity index (χ3n) is 4.42. The van der Waals surface area contributed by atoms with Crippen LogP contribution in [0.3, 0.4) is 0 Å². The molecule has 0 saturated carbocycles. The maximum Gasteiger partial charge on any atom is 0.276 e. The normalized spacial score (nSPS) is 14.5. The number of nitrogens with one attached hydrogen (secondary N) is 2. The number of nitrogens with zero attached hydrogens (tertiary/aromatic N) is 2. The Morgan fingerprint density at radius 2 is 2.00 bits per heavy atom. The number of thiophene rings is 1. The van der Waals surface area contributed by atoms with Gasteiger partial charge in [-0.25, -0.2) is 0 Å². The number of rotatable bonds is 4. The fourth-order valence-corrected chi connectivity index (χ4v) is 3.82. The van der Waals surface area contributed by atoms with Crippen LogP contribution in [-0.4, -0.2) is 29.2 Å². The van der Waals surface area contributed by atoms with Crippen molar-refractivity contribution in [2.24, 2.45) is 0 Å². The highest BCUT2D eigenvalue weighted by molar-refractivity contribution is 7.13. The Morgan fingerprint density at radius 1 is 1.12 bits per heavy atom. The van der Waals surface area contributed by atoms with E-state index in [-0.39, 0.29) is 5.91 Å². The molecule has 1 aromatic carbocycles. The number of benzene rings is 1. The van der Waals surface area contributed by atoms with Gasteiger partial charge in [0.2, 0.25) is 0 Å². The molecule has 5 nitrogen and oxygen atoms in total. The molecule has 2 N–H and O–H groups in total. The van der Waals surface area contributed by atoms with E-state index >= 15 is 0 Å². The lowest BCUT2D eigenvalue weighted by Gasteiger charge is -2.29. The van der Waals surface area contributed by atoms with Crippen LogP contribution in [0.15, 0.2) is 47.8 Å². The summed E-state index contributed by atoms with van der Waals surface area (Å²) in [5.41, 5.74) is 3.22. The van der Waals surface area contributed by atoms with Crippen LogP contribution in [0.25, 0.3) is 10.6 Å². The summed E-state index contributed by atoms with van der Waals surface area (Å²) in [6.07, 6.45) is 3.77. The first kappa shape index (κ1) is 15.9. The van der Waals surface area contributed by atoms with E-state index in [9.17, 15) is 4.79 Å². The topological polar surface area (TPSA) is 61.0 Å². The Bertz CT molecular complexity index is 850. The van der Waals surface area contributed by atoms with E-state index in [1.54, 1.807) is 17.4 Å². The Labute approximate surface area is 150 Å². The summed E-state index contributed by atoms with van der Waals surface area (Å²) in [7, 11) is 0. The minimum Gasteiger partial charge on any atom is -0.371 e. The quantitative estimate of drug-likeness (QED) is 0.732. The lowest BCUT2D eigenvalue weighted by molar-refractivity contribution is 0.102. The number of aromatic amines is 1. The number of anilines is 2. The first-order chi connectivity index (χ1) is 12.3. The molecule has 4 rings (SSSR count). The summed E-state index contributed by atoms with van der Waals surface area (Å²) in [6.45, 7) is 2.17. The first-order valence-electron chi connectivity index (χ1n) is 8.55. The number of hydrogen-bond acceptors (Lipinski definition) is 4. The van der Waals surface area contributed by atoms with Crippen molar-refractivity contribution in [1.29, 1.82) is 0 Å². The summed E-state index contributed by atoms with van der Waals surface area (Å²) in [6, 6.07) is 13.8. The molecule has 1 amide bonds. The van der Waals surface area contributed by atoms with E-state index in [0.717, 1.165) is 29.3 Å². The van der Waals surface area contributed by atoms with Crippen LogP contribution in [0.4, 0.5) is 11.4 Å². The number of aromatic nitrogens is 2. The van der Waals surface area contributed by atoms with E-state index in [1.165, 1.54) is 24.9 Å².